The van der Waals surface area contributed by atoms with Crippen LogP contribution in [-0.2, 0) is 16.0 Å². The summed E-state index contributed by atoms with van der Waals surface area (Å²) in [6.45, 7) is 1.64. The molecule has 1 aromatic carbocycles. The van der Waals surface area contributed by atoms with Gasteiger partial charge < -0.3 is 24.5 Å². The van der Waals surface area contributed by atoms with E-state index in [0.29, 0.717) is 25.3 Å². The first-order valence-electron chi connectivity index (χ1n) is 7.70. The Balaban J connectivity index is 1.75. The van der Waals surface area contributed by atoms with Gasteiger partial charge in [0.2, 0.25) is 0 Å². The number of hydrogen-bond donors (Lipinski definition) is 2. The normalized spacial score (nSPS) is 21.5. The van der Waals surface area contributed by atoms with Gasteiger partial charge in [0, 0.05) is 25.8 Å². The minimum atomic E-state index is -0.166. The highest BCUT2D eigenvalue weighted by Crippen LogP contribution is 2.16. The van der Waals surface area contributed by atoms with Crippen molar-refractivity contribution in [3.05, 3.63) is 30.1 Å². The average molecular weight is 319 g/mol. The number of aliphatic hydroxyl groups is 1. The van der Waals surface area contributed by atoms with Gasteiger partial charge in [0.05, 0.1) is 42.7 Å². The number of aliphatic hydroxyl groups excluding tert-OH is 1. The summed E-state index contributed by atoms with van der Waals surface area (Å²) < 4.78 is 12.7. The summed E-state index contributed by atoms with van der Waals surface area (Å²) in [5.41, 5.74) is 2.17. The van der Waals surface area contributed by atoms with E-state index in [1.54, 1.807) is 25.6 Å². The van der Waals surface area contributed by atoms with E-state index in [-0.39, 0.29) is 24.7 Å². The number of nitrogens with one attached hydrogen (secondary N) is 1. The summed E-state index contributed by atoms with van der Waals surface area (Å²) in [4.78, 5) is 16.7. The minimum absolute atomic E-state index is 0.0276. The van der Waals surface area contributed by atoms with Crippen LogP contribution in [-0.4, -0.2) is 59.6 Å². The summed E-state index contributed by atoms with van der Waals surface area (Å²) in [5, 5.41) is 12.0. The largest absolute Gasteiger partial charge is 0.395 e. The number of rotatable bonds is 5. The Morgan fingerprint density at radius 3 is 3.22 bits per heavy atom. The van der Waals surface area contributed by atoms with Crippen LogP contribution in [0.4, 0.5) is 0 Å². The van der Waals surface area contributed by atoms with E-state index in [0.717, 1.165) is 17.5 Å². The molecule has 2 aromatic rings. The zero-order chi connectivity index (χ0) is 16.2. The zero-order valence-electron chi connectivity index (χ0n) is 13.1. The van der Waals surface area contributed by atoms with Crippen molar-refractivity contribution in [2.75, 3.05) is 26.9 Å². The Bertz CT molecular complexity index is 685. The van der Waals surface area contributed by atoms with Crippen LogP contribution in [0.1, 0.15) is 16.8 Å². The maximum Gasteiger partial charge on any atom is 0.251 e. The number of imidazole rings is 1. The second-order valence-electron chi connectivity index (χ2n) is 5.58. The second-order valence-corrected chi connectivity index (χ2v) is 5.58. The van der Waals surface area contributed by atoms with E-state index in [4.69, 9.17) is 14.6 Å². The lowest BCUT2D eigenvalue weighted by Crippen LogP contribution is -2.50. The maximum absolute atomic E-state index is 12.5. The van der Waals surface area contributed by atoms with Gasteiger partial charge in [0.1, 0.15) is 0 Å². The molecule has 0 aliphatic carbocycles. The maximum atomic E-state index is 12.5. The number of amides is 1. The lowest BCUT2D eigenvalue weighted by molar-refractivity contribution is -0.0349. The third-order valence-corrected chi connectivity index (χ3v) is 4.14. The Kier molecular flexibility index (Phi) is 4.90. The number of carbonyl (C=O) groups excluding carboxylic acids is 1. The second kappa shape index (κ2) is 7.08. The predicted octanol–water partition coefficient (Wildman–Crippen LogP) is 0.562. The van der Waals surface area contributed by atoms with Crippen LogP contribution >= 0.6 is 0 Å². The van der Waals surface area contributed by atoms with Gasteiger partial charge in [-0.25, -0.2) is 4.98 Å². The molecule has 1 saturated heterocycles. The Morgan fingerprint density at radius 2 is 2.43 bits per heavy atom. The molecular formula is C16H21N3O4. The van der Waals surface area contributed by atoms with Gasteiger partial charge in [0.15, 0.2) is 0 Å². The minimum Gasteiger partial charge on any atom is -0.395 e. The molecule has 1 fully saturated rings. The molecule has 7 nitrogen and oxygen atoms in total. The smallest absolute Gasteiger partial charge is 0.251 e. The Hall–Kier alpha value is -1.96. The molecule has 0 spiro atoms. The first-order chi connectivity index (χ1) is 11.2. The van der Waals surface area contributed by atoms with E-state index >= 15 is 0 Å². The fourth-order valence-corrected chi connectivity index (χ4v) is 2.88. The third-order valence-electron chi connectivity index (χ3n) is 4.14. The highest BCUT2D eigenvalue weighted by molar-refractivity contribution is 5.97. The SMILES string of the molecule is CO[C@@H]1CCOC[C@H]1NC(=O)c1ccc2c(c1)ncn2CCO. The van der Waals surface area contributed by atoms with Crippen LogP contribution in [0, 0.1) is 0 Å². The number of ether oxygens (including phenoxy) is 2. The molecule has 1 aliphatic rings. The van der Waals surface area contributed by atoms with Crippen molar-refractivity contribution in [3.8, 4) is 0 Å². The number of carbonyl (C=O) groups is 1. The summed E-state index contributed by atoms with van der Waals surface area (Å²) in [6.07, 6.45) is 2.41. The molecular weight excluding hydrogens is 298 g/mol. The third kappa shape index (κ3) is 3.36. The van der Waals surface area contributed by atoms with Crippen LogP contribution < -0.4 is 5.32 Å². The summed E-state index contributed by atoms with van der Waals surface area (Å²) >= 11 is 0. The molecule has 1 amide bonds. The van der Waals surface area contributed by atoms with Crippen molar-refractivity contribution >= 4 is 16.9 Å². The van der Waals surface area contributed by atoms with Gasteiger partial charge in [-0.3, -0.25) is 4.79 Å². The van der Waals surface area contributed by atoms with Crippen molar-refractivity contribution in [2.45, 2.75) is 25.1 Å². The highest BCUT2D eigenvalue weighted by atomic mass is 16.5. The van der Waals surface area contributed by atoms with E-state index < -0.39 is 0 Å². The number of nitrogens with zero attached hydrogens (tertiary/aromatic N) is 2. The van der Waals surface area contributed by atoms with Gasteiger partial charge in [-0.1, -0.05) is 0 Å². The van der Waals surface area contributed by atoms with Gasteiger partial charge >= 0.3 is 0 Å². The van der Waals surface area contributed by atoms with Crippen molar-refractivity contribution in [1.82, 2.24) is 14.9 Å². The van der Waals surface area contributed by atoms with Crippen LogP contribution in [0.2, 0.25) is 0 Å². The summed E-state index contributed by atoms with van der Waals surface area (Å²) in [7, 11) is 1.65. The molecule has 2 atom stereocenters. The van der Waals surface area contributed by atoms with Crippen LogP contribution in [0.3, 0.4) is 0 Å². The van der Waals surface area contributed by atoms with Gasteiger partial charge in [-0.15, -0.1) is 0 Å². The molecule has 0 unspecified atom stereocenters. The quantitative estimate of drug-likeness (QED) is 0.841. The number of aromatic nitrogens is 2. The van der Waals surface area contributed by atoms with E-state index in [9.17, 15) is 4.79 Å². The highest BCUT2D eigenvalue weighted by Gasteiger charge is 2.27. The molecule has 1 aromatic heterocycles. The molecule has 124 valence electrons. The van der Waals surface area contributed by atoms with Crippen molar-refractivity contribution in [2.24, 2.45) is 0 Å². The number of benzene rings is 1. The zero-order valence-corrected chi connectivity index (χ0v) is 13.1. The molecule has 0 bridgehead atoms. The van der Waals surface area contributed by atoms with Crippen molar-refractivity contribution in [3.63, 3.8) is 0 Å². The van der Waals surface area contributed by atoms with Crippen LogP contribution in [0.15, 0.2) is 24.5 Å². The molecule has 3 rings (SSSR count). The fourth-order valence-electron chi connectivity index (χ4n) is 2.88. The van der Waals surface area contributed by atoms with Crippen LogP contribution in [0.25, 0.3) is 11.0 Å². The first-order valence-corrected chi connectivity index (χ1v) is 7.70. The van der Waals surface area contributed by atoms with Gasteiger partial charge in [-0.2, -0.15) is 0 Å². The van der Waals surface area contributed by atoms with Crippen LogP contribution in [0.5, 0.6) is 0 Å². The Morgan fingerprint density at radius 1 is 1.57 bits per heavy atom. The predicted molar refractivity (Wildman–Crippen MR) is 84.3 cm³/mol. The van der Waals surface area contributed by atoms with E-state index in [2.05, 4.69) is 10.3 Å². The summed E-state index contributed by atoms with van der Waals surface area (Å²) in [5.74, 6) is -0.166. The number of fused-ring (bicyclic) bond motifs is 1. The molecule has 23 heavy (non-hydrogen) atoms. The summed E-state index contributed by atoms with van der Waals surface area (Å²) in [6, 6.07) is 5.21. The van der Waals surface area contributed by atoms with Crippen molar-refractivity contribution < 1.29 is 19.4 Å². The lowest BCUT2D eigenvalue weighted by Gasteiger charge is -2.31. The van der Waals surface area contributed by atoms with E-state index in [1.807, 2.05) is 10.6 Å². The Labute approximate surface area is 134 Å². The topological polar surface area (TPSA) is 85.6 Å². The molecule has 2 N–H and O–H groups in total. The van der Waals surface area contributed by atoms with Gasteiger partial charge in [-0.05, 0) is 24.6 Å². The molecule has 7 heteroatoms. The molecule has 0 saturated carbocycles. The molecule has 1 aliphatic heterocycles. The standard InChI is InChI=1S/C16H21N3O4/c1-22-15-4-7-23-9-13(15)18-16(21)11-2-3-14-12(8-11)17-10-19(14)5-6-20/h2-3,8,10,13,15,20H,4-7,9H2,1H3,(H,18,21)/t13-,15-/m1/s1. The molecule has 0 radical (unpaired) electrons. The fraction of sp³-hybridized carbons (Fsp3) is 0.500. The lowest BCUT2D eigenvalue weighted by atomic mass is 10.1. The van der Waals surface area contributed by atoms with E-state index in [1.165, 1.54) is 0 Å². The number of hydrogen-bond acceptors (Lipinski definition) is 5. The monoisotopic (exact) mass is 319 g/mol. The first kappa shape index (κ1) is 15.9. The molecule has 2 heterocycles. The van der Waals surface area contributed by atoms with Gasteiger partial charge in [0.25, 0.3) is 5.91 Å². The number of methoxy groups -OCH3 is 1. The van der Waals surface area contributed by atoms with Crippen molar-refractivity contribution in [1.29, 1.82) is 0 Å². The average Bonchev–Trinajstić information content (AvgIpc) is 2.98.